The van der Waals surface area contributed by atoms with E-state index in [0.717, 1.165) is 23.7 Å². The smallest absolute Gasteiger partial charge is 0.345 e. The predicted molar refractivity (Wildman–Crippen MR) is 68.6 cm³/mol. The molecule has 3 rings (SSSR count). The first-order valence-electron chi connectivity index (χ1n) is 6.46. The third-order valence-corrected chi connectivity index (χ3v) is 3.61. The molecule has 2 N–H and O–H groups in total. The number of H-pyrrole nitrogens is 1. The summed E-state index contributed by atoms with van der Waals surface area (Å²) in [6.45, 7) is 0. The first-order chi connectivity index (χ1) is 9.97. The van der Waals surface area contributed by atoms with Crippen LogP contribution in [0.2, 0.25) is 0 Å². The molecule has 4 nitrogen and oxygen atoms in total. The van der Waals surface area contributed by atoms with Gasteiger partial charge in [-0.3, -0.25) is 9.89 Å². The van der Waals surface area contributed by atoms with Gasteiger partial charge in [0, 0.05) is 0 Å². The molecule has 0 saturated carbocycles. The molecule has 0 saturated heterocycles. The second-order valence-corrected chi connectivity index (χ2v) is 4.92. The van der Waals surface area contributed by atoms with Crippen molar-refractivity contribution in [3.63, 3.8) is 0 Å². The Kier molecular flexibility index (Phi) is 3.19. The van der Waals surface area contributed by atoms with Gasteiger partial charge >= 0.3 is 6.18 Å². The number of halogens is 3. The molecule has 1 aliphatic carbocycles. The van der Waals surface area contributed by atoms with Gasteiger partial charge in [-0.05, 0) is 24.0 Å². The Balaban J connectivity index is 1.81. The highest BCUT2D eigenvalue weighted by Crippen LogP contribution is 2.33. The minimum Gasteiger partial charge on any atom is -0.345 e. The number of hydrogen-bond acceptors (Lipinski definition) is 2. The van der Waals surface area contributed by atoms with Crippen molar-refractivity contribution in [2.45, 2.75) is 25.1 Å². The number of amides is 1. The summed E-state index contributed by atoms with van der Waals surface area (Å²) in [7, 11) is 0. The Morgan fingerprint density at radius 1 is 1.33 bits per heavy atom. The largest absolute Gasteiger partial charge is 0.433 e. The quantitative estimate of drug-likeness (QED) is 0.895. The molecule has 1 heterocycles. The highest BCUT2D eigenvalue weighted by atomic mass is 19.4. The van der Waals surface area contributed by atoms with Crippen molar-refractivity contribution in [3.05, 3.63) is 52.8 Å². The minimum absolute atomic E-state index is 0.260. The number of benzene rings is 1. The third kappa shape index (κ3) is 2.51. The maximum Gasteiger partial charge on any atom is 0.433 e. The van der Waals surface area contributed by atoms with E-state index in [2.05, 4.69) is 10.4 Å². The van der Waals surface area contributed by atoms with Gasteiger partial charge in [-0.25, -0.2) is 0 Å². The number of carbonyl (C=O) groups excluding carboxylic acids is 1. The molecule has 1 amide bonds. The van der Waals surface area contributed by atoms with E-state index in [9.17, 15) is 18.0 Å². The van der Waals surface area contributed by atoms with Gasteiger partial charge in [0.1, 0.15) is 0 Å². The number of aryl methyl sites for hydroxylation is 1. The molecule has 0 bridgehead atoms. The number of alkyl halides is 3. The van der Waals surface area contributed by atoms with E-state index in [1.807, 2.05) is 29.4 Å². The lowest BCUT2D eigenvalue weighted by Crippen LogP contribution is -2.28. The zero-order chi connectivity index (χ0) is 15.0. The number of aromatic amines is 1. The van der Waals surface area contributed by atoms with Crippen LogP contribution < -0.4 is 5.32 Å². The SMILES string of the molecule is O=C(NC1CCc2ccccc21)c1cn[nH]c1C(F)(F)F. The van der Waals surface area contributed by atoms with Crippen molar-refractivity contribution < 1.29 is 18.0 Å². The average Bonchev–Trinajstić information content (AvgIpc) is 3.05. The van der Waals surface area contributed by atoms with Crippen LogP contribution in [0.5, 0.6) is 0 Å². The molecule has 110 valence electrons. The van der Waals surface area contributed by atoms with Crippen LogP contribution in [0, 0.1) is 0 Å². The van der Waals surface area contributed by atoms with Crippen molar-refractivity contribution in [1.29, 1.82) is 0 Å². The average molecular weight is 295 g/mol. The van der Waals surface area contributed by atoms with Crippen molar-refractivity contribution in [3.8, 4) is 0 Å². The van der Waals surface area contributed by atoms with Gasteiger partial charge in [-0.2, -0.15) is 18.3 Å². The first-order valence-corrected chi connectivity index (χ1v) is 6.46. The molecule has 1 unspecified atom stereocenters. The van der Waals surface area contributed by atoms with Crippen LogP contribution in [0.25, 0.3) is 0 Å². The number of hydrogen-bond donors (Lipinski definition) is 2. The molecule has 0 spiro atoms. The molecule has 1 aliphatic rings. The predicted octanol–water partition coefficient (Wildman–Crippen LogP) is 2.85. The Morgan fingerprint density at radius 2 is 2.10 bits per heavy atom. The Hall–Kier alpha value is -2.31. The van der Waals surface area contributed by atoms with E-state index < -0.39 is 23.3 Å². The monoisotopic (exact) mass is 295 g/mol. The van der Waals surface area contributed by atoms with Crippen LogP contribution in [-0.4, -0.2) is 16.1 Å². The standard InChI is InChI=1S/C14H12F3N3O/c15-14(16,17)12-10(7-18-20-12)13(21)19-11-6-5-8-3-1-2-4-9(8)11/h1-4,7,11H,5-6H2,(H,18,20)(H,19,21). The zero-order valence-corrected chi connectivity index (χ0v) is 10.9. The molecule has 2 aromatic rings. The summed E-state index contributed by atoms with van der Waals surface area (Å²) in [6.07, 6.45) is -2.24. The molecule has 0 aliphatic heterocycles. The van der Waals surface area contributed by atoms with Crippen LogP contribution in [0.4, 0.5) is 13.2 Å². The lowest BCUT2D eigenvalue weighted by atomic mass is 10.1. The second kappa shape index (κ2) is 4.91. The summed E-state index contributed by atoms with van der Waals surface area (Å²) in [5.74, 6) is -0.766. The van der Waals surface area contributed by atoms with Gasteiger partial charge in [0.2, 0.25) is 0 Å². The van der Waals surface area contributed by atoms with E-state index in [0.29, 0.717) is 6.42 Å². The van der Waals surface area contributed by atoms with Crippen molar-refractivity contribution in [2.24, 2.45) is 0 Å². The molecule has 0 fully saturated rings. The fraction of sp³-hybridized carbons (Fsp3) is 0.286. The molecule has 1 aromatic carbocycles. The van der Waals surface area contributed by atoms with Crippen LogP contribution in [-0.2, 0) is 12.6 Å². The Labute approximate surface area is 118 Å². The highest BCUT2D eigenvalue weighted by Gasteiger charge is 2.38. The number of rotatable bonds is 2. The number of fused-ring (bicyclic) bond motifs is 1. The van der Waals surface area contributed by atoms with Crippen LogP contribution in [0.1, 0.15) is 39.6 Å². The third-order valence-electron chi connectivity index (χ3n) is 3.61. The number of nitrogens with one attached hydrogen (secondary N) is 2. The Morgan fingerprint density at radius 3 is 2.86 bits per heavy atom. The van der Waals surface area contributed by atoms with Gasteiger partial charge in [0.05, 0.1) is 17.8 Å². The van der Waals surface area contributed by atoms with Crippen LogP contribution in [0.3, 0.4) is 0 Å². The maximum atomic E-state index is 12.7. The summed E-state index contributed by atoms with van der Waals surface area (Å²) < 4.78 is 38.2. The summed E-state index contributed by atoms with van der Waals surface area (Å²) in [5.41, 5.74) is 0.479. The van der Waals surface area contributed by atoms with Crippen molar-refractivity contribution >= 4 is 5.91 Å². The van der Waals surface area contributed by atoms with E-state index in [1.165, 1.54) is 0 Å². The molecular formula is C14H12F3N3O. The van der Waals surface area contributed by atoms with E-state index in [1.54, 1.807) is 0 Å². The van der Waals surface area contributed by atoms with Crippen molar-refractivity contribution in [1.82, 2.24) is 15.5 Å². The molecule has 7 heteroatoms. The van der Waals surface area contributed by atoms with E-state index >= 15 is 0 Å². The van der Waals surface area contributed by atoms with Gasteiger partial charge in [0.25, 0.3) is 5.91 Å². The van der Waals surface area contributed by atoms with Crippen molar-refractivity contribution in [2.75, 3.05) is 0 Å². The summed E-state index contributed by atoms with van der Waals surface area (Å²) in [4.78, 5) is 12.1. The molecule has 0 radical (unpaired) electrons. The Bertz CT molecular complexity index is 678. The molecule has 1 aromatic heterocycles. The fourth-order valence-corrected chi connectivity index (χ4v) is 2.62. The lowest BCUT2D eigenvalue weighted by Gasteiger charge is -2.14. The van der Waals surface area contributed by atoms with Gasteiger partial charge in [-0.15, -0.1) is 0 Å². The highest BCUT2D eigenvalue weighted by molar-refractivity contribution is 5.95. The van der Waals surface area contributed by atoms with E-state index in [-0.39, 0.29) is 6.04 Å². The number of aromatic nitrogens is 2. The second-order valence-electron chi connectivity index (χ2n) is 4.92. The topological polar surface area (TPSA) is 57.8 Å². The normalized spacial score (nSPS) is 17.6. The number of carbonyl (C=O) groups is 1. The van der Waals surface area contributed by atoms with Gasteiger partial charge < -0.3 is 5.32 Å². The first kappa shape index (κ1) is 13.7. The molecular weight excluding hydrogens is 283 g/mol. The number of nitrogens with zero attached hydrogens (tertiary/aromatic N) is 1. The summed E-state index contributed by atoms with van der Waals surface area (Å²) >= 11 is 0. The molecule has 1 atom stereocenters. The lowest BCUT2D eigenvalue weighted by molar-refractivity contribution is -0.141. The van der Waals surface area contributed by atoms with Crippen LogP contribution >= 0.6 is 0 Å². The summed E-state index contributed by atoms with van der Waals surface area (Å²) in [6, 6.07) is 7.33. The van der Waals surface area contributed by atoms with Gasteiger partial charge in [0.15, 0.2) is 5.69 Å². The van der Waals surface area contributed by atoms with Crippen LogP contribution in [0.15, 0.2) is 30.5 Å². The summed E-state index contributed by atoms with van der Waals surface area (Å²) in [5, 5.41) is 7.81. The maximum absolute atomic E-state index is 12.7. The van der Waals surface area contributed by atoms with E-state index in [4.69, 9.17) is 0 Å². The zero-order valence-electron chi connectivity index (χ0n) is 10.9. The molecule has 21 heavy (non-hydrogen) atoms. The minimum atomic E-state index is -4.63. The van der Waals surface area contributed by atoms with Gasteiger partial charge in [-0.1, -0.05) is 24.3 Å². The fourth-order valence-electron chi connectivity index (χ4n) is 2.62.